The van der Waals surface area contributed by atoms with Gasteiger partial charge >= 0.3 is 6.03 Å². The van der Waals surface area contributed by atoms with E-state index in [1.54, 1.807) is 11.3 Å². The van der Waals surface area contributed by atoms with Crippen molar-refractivity contribution < 1.29 is 4.79 Å². The summed E-state index contributed by atoms with van der Waals surface area (Å²) in [6.07, 6.45) is 8.65. The molecule has 4 nitrogen and oxygen atoms in total. The summed E-state index contributed by atoms with van der Waals surface area (Å²) in [6.45, 7) is 0. The Morgan fingerprint density at radius 2 is 1.23 bits per heavy atom. The van der Waals surface area contributed by atoms with E-state index in [9.17, 15) is 4.79 Å². The van der Waals surface area contributed by atoms with Crippen molar-refractivity contribution in [3.8, 4) is 0 Å². The summed E-state index contributed by atoms with van der Waals surface area (Å²) >= 11 is 1.58. The summed E-state index contributed by atoms with van der Waals surface area (Å²) in [6, 6.07) is 31.7. The molecule has 0 spiro atoms. The maximum Gasteiger partial charge on any atom is 0.323 e. The molecule has 2 amide bonds. The number of nitrogens with zero attached hydrogens (tertiary/aromatic N) is 1. The normalized spacial score (nSPS) is 25.4. The lowest BCUT2D eigenvalue weighted by Crippen LogP contribution is -2.48. The first kappa shape index (κ1) is 25.0. The molecule has 4 aliphatic rings. The smallest absolute Gasteiger partial charge is 0.304 e. The summed E-state index contributed by atoms with van der Waals surface area (Å²) in [5.41, 5.74) is 1.47. The average molecular weight is 553 g/mol. The van der Waals surface area contributed by atoms with E-state index in [-0.39, 0.29) is 11.4 Å². The standard InChI is InChI=1S/C33H34N3OPS/c37-31(36-32-35-30(22-39-32)33-19-24-16-25(20-33)18-26(17-24)21-33)34-23-38(27-10-4-1-5-11-27,28-12-6-2-7-13-28)29-14-8-3-9-15-29/h1-15,22,24-26H,16-21,23H2,(H-,34,35,36,37)/p+1. The second-order valence-electron chi connectivity index (χ2n) is 11.8. The highest BCUT2D eigenvalue weighted by molar-refractivity contribution is 7.95. The lowest BCUT2D eigenvalue weighted by Gasteiger charge is -2.56. The number of urea groups is 1. The number of anilines is 1. The molecule has 4 aromatic rings. The third-order valence-corrected chi connectivity index (χ3v) is 14.3. The molecule has 0 atom stereocenters. The molecule has 8 rings (SSSR count). The van der Waals surface area contributed by atoms with Gasteiger partial charge in [0.05, 0.1) is 5.69 Å². The Kier molecular flexibility index (Phi) is 6.53. The molecule has 4 bridgehead atoms. The number of carbonyl (C=O) groups is 1. The van der Waals surface area contributed by atoms with Gasteiger partial charge in [0.1, 0.15) is 29.5 Å². The Hall–Kier alpha value is -3.01. The fourth-order valence-corrected chi connectivity index (χ4v) is 12.8. The monoisotopic (exact) mass is 552 g/mol. The highest BCUT2D eigenvalue weighted by atomic mass is 32.1. The van der Waals surface area contributed by atoms with E-state index in [0.29, 0.717) is 11.4 Å². The molecule has 1 heterocycles. The highest BCUT2D eigenvalue weighted by Crippen LogP contribution is 2.61. The van der Waals surface area contributed by atoms with Crippen LogP contribution in [0, 0.1) is 17.8 Å². The van der Waals surface area contributed by atoms with Crippen LogP contribution in [-0.4, -0.2) is 17.3 Å². The molecule has 0 aliphatic heterocycles. The number of carbonyl (C=O) groups excluding carboxylic acids is 1. The van der Waals surface area contributed by atoms with Crippen molar-refractivity contribution in [3.63, 3.8) is 0 Å². The van der Waals surface area contributed by atoms with Crippen LogP contribution >= 0.6 is 18.6 Å². The van der Waals surface area contributed by atoms with Crippen molar-refractivity contribution >= 4 is 45.7 Å². The van der Waals surface area contributed by atoms with E-state index >= 15 is 0 Å². The minimum Gasteiger partial charge on any atom is -0.304 e. The minimum absolute atomic E-state index is 0.186. The van der Waals surface area contributed by atoms with Gasteiger partial charge in [-0.2, -0.15) is 0 Å². The van der Waals surface area contributed by atoms with Crippen LogP contribution in [0.5, 0.6) is 0 Å². The van der Waals surface area contributed by atoms with E-state index in [1.165, 1.54) is 60.1 Å². The Morgan fingerprint density at radius 1 is 0.769 bits per heavy atom. The van der Waals surface area contributed by atoms with Crippen LogP contribution < -0.4 is 26.5 Å². The van der Waals surface area contributed by atoms with Gasteiger partial charge in [-0.15, -0.1) is 11.3 Å². The molecule has 4 aliphatic carbocycles. The number of hydrogen-bond acceptors (Lipinski definition) is 3. The summed E-state index contributed by atoms with van der Waals surface area (Å²) in [5, 5.41) is 13.1. The number of benzene rings is 3. The maximum atomic E-state index is 13.4. The van der Waals surface area contributed by atoms with Crippen LogP contribution in [0.2, 0.25) is 0 Å². The fraction of sp³-hybridized carbons (Fsp3) is 0.333. The molecule has 3 aromatic carbocycles. The van der Waals surface area contributed by atoms with Crippen molar-refractivity contribution in [3.05, 3.63) is 102 Å². The predicted molar refractivity (Wildman–Crippen MR) is 164 cm³/mol. The number of aromatic nitrogens is 1. The van der Waals surface area contributed by atoms with Gasteiger partial charge in [0.15, 0.2) is 5.13 Å². The van der Waals surface area contributed by atoms with Gasteiger partial charge in [-0.25, -0.2) is 9.78 Å². The Balaban J connectivity index is 1.14. The number of nitrogens with one attached hydrogen (secondary N) is 2. The first-order valence-corrected chi connectivity index (χ1v) is 17.0. The molecule has 4 fully saturated rings. The zero-order chi connectivity index (χ0) is 26.3. The molecular weight excluding hydrogens is 517 g/mol. The quantitative estimate of drug-likeness (QED) is 0.251. The molecule has 6 heteroatoms. The van der Waals surface area contributed by atoms with E-state index < -0.39 is 7.26 Å². The SMILES string of the molecule is O=C(NC[P+](c1ccccc1)(c1ccccc1)c1ccccc1)Nc1nc(C23CC4CC(CC(C4)C2)C3)cs1. The van der Waals surface area contributed by atoms with Gasteiger partial charge in [-0.1, -0.05) is 54.6 Å². The average Bonchev–Trinajstić information content (AvgIpc) is 3.44. The van der Waals surface area contributed by atoms with Crippen molar-refractivity contribution in [2.45, 2.75) is 43.9 Å². The Labute approximate surface area is 235 Å². The van der Waals surface area contributed by atoms with Crippen LogP contribution in [0.4, 0.5) is 9.93 Å². The molecular formula is C33H35N3OPS+. The summed E-state index contributed by atoms with van der Waals surface area (Å²) in [7, 11) is -2.13. The van der Waals surface area contributed by atoms with Crippen LogP contribution in [0.15, 0.2) is 96.4 Å². The second kappa shape index (κ2) is 10.2. The van der Waals surface area contributed by atoms with Crippen LogP contribution in [0.25, 0.3) is 0 Å². The van der Waals surface area contributed by atoms with E-state index in [1.807, 2.05) is 0 Å². The molecule has 198 valence electrons. The first-order chi connectivity index (χ1) is 19.1. The zero-order valence-corrected chi connectivity index (χ0v) is 23.8. The van der Waals surface area contributed by atoms with Gasteiger partial charge in [0, 0.05) is 10.8 Å². The second-order valence-corrected chi connectivity index (χ2v) is 16.2. The highest BCUT2D eigenvalue weighted by Gasteiger charge is 2.52. The molecule has 39 heavy (non-hydrogen) atoms. The number of thiazole rings is 1. The van der Waals surface area contributed by atoms with Crippen molar-refractivity contribution in [2.24, 2.45) is 17.8 Å². The molecule has 0 saturated heterocycles. The fourth-order valence-electron chi connectivity index (χ4n) is 8.10. The van der Waals surface area contributed by atoms with E-state index in [0.717, 1.165) is 17.8 Å². The van der Waals surface area contributed by atoms with E-state index in [4.69, 9.17) is 4.98 Å². The van der Waals surface area contributed by atoms with Gasteiger partial charge in [0.25, 0.3) is 0 Å². The Bertz CT molecular complexity index is 1310. The van der Waals surface area contributed by atoms with Gasteiger partial charge < -0.3 is 5.32 Å². The minimum atomic E-state index is -2.13. The molecule has 2 N–H and O–H groups in total. The molecule has 0 radical (unpaired) electrons. The van der Waals surface area contributed by atoms with Gasteiger partial charge in [-0.3, -0.25) is 5.32 Å². The lowest BCUT2D eigenvalue weighted by molar-refractivity contribution is -0.00688. The number of amides is 2. The summed E-state index contributed by atoms with van der Waals surface area (Å²) in [4.78, 5) is 18.4. The maximum absolute atomic E-state index is 13.4. The summed E-state index contributed by atoms with van der Waals surface area (Å²) < 4.78 is 0. The predicted octanol–water partition coefficient (Wildman–Crippen LogP) is 6.68. The van der Waals surface area contributed by atoms with Crippen LogP contribution in [0.1, 0.15) is 44.2 Å². The number of hydrogen-bond donors (Lipinski definition) is 2. The zero-order valence-electron chi connectivity index (χ0n) is 22.1. The molecule has 4 saturated carbocycles. The largest absolute Gasteiger partial charge is 0.323 e. The first-order valence-electron chi connectivity index (χ1n) is 14.2. The van der Waals surface area contributed by atoms with Crippen molar-refractivity contribution in [2.75, 3.05) is 11.6 Å². The van der Waals surface area contributed by atoms with Crippen LogP contribution in [-0.2, 0) is 5.41 Å². The Morgan fingerprint density at radius 3 is 1.69 bits per heavy atom. The summed E-state index contributed by atoms with van der Waals surface area (Å²) in [5.74, 6) is 2.64. The third kappa shape index (κ3) is 4.60. The topological polar surface area (TPSA) is 54.0 Å². The van der Waals surface area contributed by atoms with Gasteiger partial charge in [0.2, 0.25) is 0 Å². The van der Waals surface area contributed by atoms with Crippen molar-refractivity contribution in [1.29, 1.82) is 0 Å². The number of rotatable bonds is 7. The third-order valence-electron chi connectivity index (χ3n) is 9.37. The van der Waals surface area contributed by atoms with Crippen LogP contribution in [0.3, 0.4) is 0 Å². The van der Waals surface area contributed by atoms with Crippen molar-refractivity contribution in [1.82, 2.24) is 10.3 Å². The lowest BCUT2D eigenvalue weighted by atomic mass is 9.49. The van der Waals surface area contributed by atoms with Gasteiger partial charge in [-0.05, 0) is 92.7 Å². The van der Waals surface area contributed by atoms with E-state index in [2.05, 4.69) is 107 Å². The molecule has 0 unspecified atom stereocenters. The molecule has 1 aromatic heterocycles.